The second kappa shape index (κ2) is 6.79. The lowest BCUT2D eigenvalue weighted by Crippen LogP contribution is -2.14. The lowest BCUT2D eigenvalue weighted by atomic mass is 10.2. The molecule has 2 aromatic rings. The maximum Gasteiger partial charge on any atom is 0.213 e. The first kappa shape index (κ1) is 16.3. The van der Waals surface area contributed by atoms with E-state index in [1.54, 1.807) is 12.1 Å². The van der Waals surface area contributed by atoms with Crippen molar-refractivity contribution in [3.05, 3.63) is 63.1 Å². The second-order valence-corrected chi connectivity index (χ2v) is 7.48. The fourth-order valence-electron chi connectivity index (χ4n) is 1.80. The third kappa shape index (κ3) is 5.32. The highest BCUT2D eigenvalue weighted by atomic mass is 79.9. The number of nitrogens with two attached hydrogens (primary N) is 1. The zero-order valence-electron chi connectivity index (χ0n) is 11.0. The normalized spacial score (nSPS) is 11.4. The van der Waals surface area contributed by atoms with Gasteiger partial charge in [0.1, 0.15) is 0 Å². The molecular formula is C14H14BrClN2O2S. The van der Waals surface area contributed by atoms with Crippen molar-refractivity contribution in [2.75, 3.05) is 5.32 Å². The van der Waals surface area contributed by atoms with Crippen LogP contribution in [0, 0.1) is 0 Å². The van der Waals surface area contributed by atoms with Crippen molar-refractivity contribution in [2.45, 2.75) is 12.3 Å². The van der Waals surface area contributed by atoms with Gasteiger partial charge in [-0.2, -0.15) is 0 Å². The van der Waals surface area contributed by atoms with E-state index in [1.165, 1.54) is 0 Å². The predicted octanol–water partition coefficient (Wildman–Crippen LogP) is 3.50. The van der Waals surface area contributed by atoms with E-state index in [1.807, 2.05) is 30.3 Å². The average molecular weight is 390 g/mol. The molecule has 0 spiro atoms. The Morgan fingerprint density at radius 3 is 2.29 bits per heavy atom. The number of primary sulfonamides is 1. The molecule has 112 valence electrons. The average Bonchev–Trinajstić information content (AvgIpc) is 2.40. The van der Waals surface area contributed by atoms with Gasteiger partial charge in [0.2, 0.25) is 10.0 Å². The molecule has 4 nitrogen and oxygen atoms in total. The van der Waals surface area contributed by atoms with Crippen molar-refractivity contribution in [3.8, 4) is 0 Å². The number of sulfonamides is 1. The summed E-state index contributed by atoms with van der Waals surface area (Å²) in [5.41, 5.74) is 2.61. The molecule has 0 bridgehead atoms. The van der Waals surface area contributed by atoms with Gasteiger partial charge in [-0.1, -0.05) is 29.8 Å². The molecule has 0 radical (unpaired) electrons. The summed E-state index contributed by atoms with van der Waals surface area (Å²) in [5.74, 6) is -0.157. The summed E-state index contributed by atoms with van der Waals surface area (Å²) < 4.78 is 22.9. The Morgan fingerprint density at radius 1 is 1.10 bits per heavy atom. The van der Waals surface area contributed by atoms with E-state index >= 15 is 0 Å². The number of halogens is 2. The Hall–Kier alpha value is -1.08. The fourth-order valence-corrected chi connectivity index (χ4v) is 2.91. The first-order valence-electron chi connectivity index (χ1n) is 6.11. The molecule has 2 rings (SSSR count). The number of benzene rings is 2. The Morgan fingerprint density at radius 2 is 1.71 bits per heavy atom. The van der Waals surface area contributed by atoms with Crippen LogP contribution in [0.5, 0.6) is 0 Å². The van der Waals surface area contributed by atoms with Crippen molar-refractivity contribution >= 4 is 43.2 Å². The van der Waals surface area contributed by atoms with Crippen LogP contribution < -0.4 is 10.5 Å². The van der Waals surface area contributed by atoms with Crippen LogP contribution in [0.3, 0.4) is 0 Å². The van der Waals surface area contributed by atoms with Crippen LogP contribution in [0.25, 0.3) is 0 Å². The number of nitrogens with one attached hydrogen (secondary N) is 1. The lowest BCUT2D eigenvalue weighted by Gasteiger charge is -2.08. The van der Waals surface area contributed by atoms with Gasteiger partial charge in [0, 0.05) is 16.7 Å². The highest BCUT2D eigenvalue weighted by molar-refractivity contribution is 9.10. The zero-order chi connectivity index (χ0) is 15.5. The van der Waals surface area contributed by atoms with Crippen LogP contribution in [-0.4, -0.2) is 8.42 Å². The van der Waals surface area contributed by atoms with E-state index in [9.17, 15) is 8.42 Å². The second-order valence-electron chi connectivity index (χ2n) is 4.61. The van der Waals surface area contributed by atoms with E-state index in [0.717, 1.165) is 15.7 Å². The zero-order valence-corrected chi connectivity index (χ0v) is 14.2. The highest BCUT2D eigenvalue weighted by Crippen LogP contribution is 2.23. The van der Waals surface area contributed by atoms with Gasteiger partial charge in [-0.15, -0.1) is 0 Å². The van der Waals surface area contributed by atoms with E-state index < -0.39 is 10.0 Å². The molecule has 21 heavy (non-hydrogen) atoms. The minimum atomic E-state index is -3.49. The quantitative estimate of drug-likeness (QED) is 0.822. The first-order chi connectivity index (χ1) is 9.83. The van der Waals surface area contributed by atoms with Crippen LogP contribution in [0.1, 0.15) is 11.1 Å². The van der Waals surface area contributed by atoms with Crippen LogP contribution in [0.4, 0.5) is 5.69 Å². The van der Waals surface area contributed by atoms with Gasteiger partial charge in [0.05, 0.1) is 10.8 Å². The van der Waals surface area contributed by atoms with Crippen LogP contribution in [0.2, 0.25) is 5.02 Å². The van der Waals surface area contributed by atoms with Crippen molar-refractivity contribution in [1.82, 2.24) is 0 Å². The van der Waals surface area contributed by atoms with E-state index in [2.05, 4.69) is 21.2 Å². The monoisotopic (exact) mass is 388 g/mol. The molecule has 0 atom stereocenters. The van der Waals surface area contributed by atoms with Crippen molar-refractivity contribution in [3.63, 3.8) is 0 Å². The van der Waals surface area contributed by atoms with Gasteiger partial charge in [-0.05, 0) is 51.3 Å². The van der Waals surface area contributed by atoms with E-state index in [0.29, 0.717) is 17.1 Å². The van der Waals surface area contributed by atoms with E-state index in [-0.39, 0.29) is 5.75 Å². The molecule has 0 saturated carbocycles. The highest BCUT2D eigenvalue weighted by Gasteiger charge is 2.05. The Labute approximate surface area is 137 Å². The summed E-state index contributed by atoms with van der Waals surface area (Å²) in [4.78, 5) is 0. The SMILES string of the molecule is NS(=O)(=O)Cc1ccc(NCc2ccc(Br)c(Cl)c2)cc1. The largest absolute Gasteiger partial charge is 0.381 e. The minimum Gasteiger partial charge on any atom is -0.381 e. The third-order valence-electron chi connectivity index (χ3n) is 2.80. The molecule has 0 aliphatic rings. The summed E-state index contributed by atoms with van der Waals surface area (Å²) in [6, 6.07) is 12.9. The van der Waals surface area contributed by atoms with Crippen molar-refractivity contribution < 1.29 is 8.42 Å². The maximum atomic E-state index is 11.0. The van der Waals surface area contributed by atoms with Gasteiger partial charge < -0.3 is 5.32 Å². The molecule has 0 aliphatic carbocycles. The Kier molecular flexibility index (Phi) is 5.27. The Balaban J connectivity index is 1.99. The van der Waals surface area contributed by atoms with Crippen LogP contribution >= 0.6 is 27.5 Å². The third-order valence-corrected chi connectivity index (χ3v) is 4.77. The lowest BCUT2D eigenvalue weighted by molar-refractivity contribution is 0.597. The molecule has 0 amide bonds. The molecule has 0 heterocycles. The number of hydrogen-bond donors (Lipinski definition) is 2. The minimum absolute atomic E-state index is 0.157. The van der Waals surface area contributed by atoms with Crippen molar-refractivity contribution in [1.29, 1.82) is 0 Å². The summed E-state index contributed by atoms with van der Waals surface area (Å²) in [5, 5.41) is 8.91. The molecule has 0 saturated heterocycles. The van der Waals surface area contributed by atoms with Gasteiger partial charge >= 0.3 is 0 Å². The summed E-state index contributed by atoms with van der Waals surface area (Å²) in [6.07, 6.45) is 0. The molecule has 0 aliphatic heterocycles. The molecule has 0 unspecified atom stereocenters. The maximum absolute atomic E-state index is 11.0. The molecule has 7 heteroatoms. The molecule has 3 N–H and O–H groups in total. The summed E-state index contributed by atoms with van der Waals surface area (Å²) in [7, 11) is -3.49. The van der Waals surface area contributed by atoms with Crippen molar-refractivity contribution in [2.24, 2.45) is 5.14 Å². The van der Waals surface area contributed by atoms with Crippen LogP contribution in [0.15, 0.2) is 46.9 Å². The molecular weight excluding hydrogens is 376 g/mol. The fraction of sp³-hybridized carbons (Fsp3) is 0.143. The van der Waals surface area contributed by atoms with Gasteiger partial charge in [-0.3, -0.25) is 0 Å². The number of rotatable bonds is 5. The van der Waals surface area contributed by atoms with Crippen LogP contribution in [-0.2, 0) is 22.3 Å². The topological polar surface area (TPSA) is 72.2 Å². The standard InChI is InChI=1S/C14H14BrClN2O2S/c15-13-6-3-11(7-14(13)16)8-18-12-4-1-10(2-5-12)9-21(17,19)20/h1-7,18H,8-9H2,(H2,17,19,20). The van der Waals surface area contributed by atoms with E-state index in [4.69, 9.17) is 16.7 Å². The Bertz CT molecular complexity index is 733. The van der Waals surface area contributed by atoms with Gasteiger partial charge in [-0.25, -0.2) is 13.6 Å². The number of hydrogen-bond acceptors (Lipinski definition) is 3. The summed E-state index contributed by atoms with van der Waals surface area (Å²) >= 11 is 9.38. The molecule has 0 aromatic heterocycles. The first-order valence-corrected chi connectivity index (χ1v) is 8.99. The van der Waals surface area contributed by atoms with Gasteiger partial charge in [0.25, 0.3) is 0 Å². The molecule has 2 aromatic carbocycles. The molecule has 0 fully saturated rings. The van der Waals surface area contributed by atoms with Gasteiger partial charge in [0.15, 0.2) is 0 Å². The number of anilines is 1. The predicted molar refractivity (Wildman–Crippen MR) is 89.7 cm³/mol. The summed E-state index contributed by atoms with van der Waals surface area (Å²) in [6.45, 7) is 0.627. The smallest absolute Gasteiger partial charge is 0.213 e.